The maximum atomic E-state index is 12.3. The molecule has 1 aromatic heterocycles. The number of amides is 1. The molecule has 2 aliphatic rings. The van der Waals surface area contributed by atoms with Crippen LogP contribution in [0.5, 0.6) is 0 Å². The van der Waals surface area contributed by atoms with Crippen LogP contribution in [0, 0.1) is 5.92 Å². The predicted molar refractivity (Wildman–Crippen MR) is 96.1 cm³/mol. The molecule has 24 heavy (non-hydrogen) atoms. The van der Waals surface area contributed by atoms with Gasteiger partial charge in [-0.15, -0.1) is 0 Å². The minimum absolute atomic E-state index is 0.0269. The zero-order valence-corrected chi connectivity index (χ0v) is 15.9. The molecule has 1 aliphatic carbocycles. The summed E-state index contributed by atoms with van der Waals surface area (Å²) in [6.07, 6.45) is 2.12. The van der Waals surface area contributed by atoms with Crippen molar-refractivity contribution in [2.75, 3.05) is 24.7 Å². The van der Waals surface area contributed by atoms with Crippen molar-refractivity contribution in [3.8, 4) is 0 Å². The number of rotatable bonds is 2. The van der Waals surface area contributed by atoms with Crippen LogP contribution in [0.3, 0.4) is 0 Å². The Morgan fingerprint density at radius 2 is 1.71 bits per heavy atom. The topological polar surface area (TPSA) is 49.3 Å². The molecule has 0 N–H and O–H groups in total. The zero-order valence-electron chi connectivity index (χ0n) is 15.9. The predicted octanol–water partition coefficient (Wildman–Crippen LogP) is 3.09. The Labute approximate surface area is 145 Å². The number of hydrogen-bond acceptors (Lipinski definition) is 4. The van der Waals surface area contributed by atoms with E-state index in [0.717, 1.165) is 43.3 Å². The van der Waals surface area contributed by atoms with Gasteiger partial charge in [0.2, 0.25) is 5.91 Å². The molecule has 132 valence electrons. The summed E-state index contributed by atoms with van der Waals surface area (Å²) in [5.74, 6) is 2.42. The molecule has 0 bridgehead atoms. The smallest absolute Gasteiger partial charge is 0.227 e. The summed E-state index contributed by atoms with van der Waals surface area (Å²) < 4.78 is 0. The van der Waals surface area contributed by atoms with E-state index in [-0.39, 0.29) is 16.7 Å². The van der Waals surface area contributed by atoms with Crippen LogP contribution in [0.4, 0.5) is 5.82 Å². The number of nitrogens with zero attached hydrogens (tertiary/aromatic N) is 4. The third-order valence-corrected chi connectivity index (χ3v) is 4.70. The van der Waals surface area contributed by atoms with Crippen molar-refractivity contribution in [2.24, 2.45) is 5.92 Å². The number of carbonyl (C=O) groups excluding carboxylic acids is 1. The molecule has 0 aromatic carbocycles. The van der Waals surface area contributed by atoms with Crippen LogP contribution >= 0.6 is 0 Å². The normalized spacial score (nSPS) is 19.1. The molecule has 1 amide bonds. The largest absolute Gasteiger partial charge is 0.337 e. The Balaban J connectivity index is 1.88. The van der Waals surface area contributed by atoms with E-state index in [9.17, 15) is 4.79 Å². The summed E-state index contributed by atoms with van der Waals surface area (Å²) >= 11 is 0. The minimum atomic E-state index is -0.0980. The highest BCUT2D eigenvalue weighted by Crippen LogP contribution is 2.33. The van der Waals surface area contributed by atoms with Crippen molar-refractivity contribution >= 4 is 11.7 Å². The summed E-state index contributed by atoms with van der Waals surface area (Å²) in [4.78, 5) is 26.2. The van der Waals surface area contributed by atoms with Gasteiger partial charge in [-0.1, -0.05) is 41.5 Å². The zero-order chi connectivity index (χ0) is 17.7. The Kier molecular flexibility index (Phi) is 4.09. The van der Waals surface area contributed by atoms with Crippen molar-refractivity contribution in [3.63, 3.8) is 0 Å². The molecule has 2 fully saturated rings. The van der Waals surface area contributed by atoms with Gasteiger partial charge in [-0.05, 0) is 12.8 Å². The maximum absolute atomic E-state index is 12.3. The Bertz CT molecular complexity index is 605. The van der Waals surface area contributed by atoms with Crippen LogP contribution < -0.4 is 4.90 Å². The standard InChI is InChI=1S/C19H30N4O/c1-18(2,3)14-11-15(21-17(20-14)19(4,5)6)22-9-10-23(12-22)16(24)13-7-8-13/h11,13H,7-10,12H2,1-6H3. The average molecular weight is 330 g/mol. The lowest BCUT2D eigenvalue weighted by Gasteiger charge is -2.26. The second-order valence-corrected chi connectivity index (χ2v) is 9.22. The van der Waals surface area contributed by atoms with Crippen molar-refractivity contribution < 1.29 is 4.79 Å². The van der Waals surface area contributed by atoms with Gasteiger partial charge in [-0.3, -0.25) is 4.79 Å². The molecule has 2 heterocycles. The third-order valence-electron chi connectivity index (χ3n) is 4.70. The fourth-order valence-corrected chi connectivity index (χ4v) is 2.86. The molecule has 1 saturated carbocycles. The molecule has 1 saturated heterocycles. The van der Waals surface area contributed by atoms with E-state index in [1.165, 1.54) is 0 Å². The average Bonchev–Trinajstić information content (AvgIpc) is 3.21. The second-order valence-electron chi connectivity index (χ2n) is 9.22. The third kappa shape index (κ3) is 3.55. The molecule has 1 aliphatic heterocycles. The van der Waals surface area contributed by atoms with E-state index in [4.69, 9.17) is 9.97 Å². The summed E-state index contributed by atoms with van der Waals surface area (Å²) in [6, 6.07) is 2.10. The molecule has 3 rings (SSSR count). The summed E-state index contributed by atoms with van der Waals surface area (Å²) in [5.41, 5.74) is 0.935. The Morgan fingerprint density at radius 1 is 1.04 bits per heavy atom. The van der Waals surface area contributed by atoms with Gasteiger partial charge >= 0.3 is 0 Å². The van der Waals surface area contributed by atoms with E-state index < -0.39 is 0 Å². The van der Waals surface area contributed by atoms with E-state index >= 15 is 0 Å². The van der Waals surface area contributed by atoms with E-state index in [1.807, 2.05) is 4.90 Å². The second kappa shape index (κ2) is 5.71. The summed E-state index contributed by atoms with van der Waals surface area (Å²) in [7, 11) is 0. The van der Waals surface area contributed by atoms with Gasteiger partial charge in [0.1, 0.15) is 11.6 Å². The molecule has 5 nitrogen and oxygen atoms in total. The highest BCUT2D eigenvalue weighted by Gasteiger charge is 2.36. The van der Waals surface area contributed by atoms with Crippen LogP contribution in [-0.2, 0) is 15.6 Å². The molecule has 5 heteroatoms. The maximum Gasteiger partial charge on any atom is 0.227 e. The first kappa shape index (κ1) is 17.2. The van der Waals surface area contributed by atoms with Crippen LogP contribution in [-0.4, -0.2) is 40.5 Å². The number of anilines is 1. The lowest BCUT2D eigenvalue weighted by molar-refractivity contribution is -0.131. The van der Waals surface area contributed by atoms with Crippen LogP contribution in [0.15, 0.2) is 6.07 Å². The monoisotopic (exact) mass is 330 g/mol. The van der Waals surface area contributed by atoms with E-state index in [2.05, 4.69) is 52.5 Å². The fourth-order valence-electron chi connectivity index (χ4n) is 2.86. The number of hydrogen-bond donors (Lipinski definition) is 0. The van der Waals surface area contributed by atoms with E-state index in [0.29, 0.717) is 12.6 Å². The van der Waals surface area contributed by atoms with Crippen molar-refractivity contribution in [3.05, 3.63) is 17.6 Å². The van der Waals surface area contributed by atoms with Gasteiger partial charge in [0.15, 0.2) is 0 Å². The highest BCUT2D eigenvalue weighted by molar-refractivity contribution is 5.81. The highest BCUT2D eigenvalue weighted by atomic mass is 16.2. The van der Waals surface area contributed by atoms with Crippen LogP contribution in [0.1, 0.15) is 65.9 Å². The fraction of sp³-hybridized carbons (Fsp3) is 0.737. The summed E-state index contributed by atoms with van der Waals surface area (Å²) in [6.45, 7) is 15.3. The van der Waals surface area contributed by atoms with Gasteiger partial charge in [0.25, 0.3) is 0 Å². The Morgan fingerprint density at radius 3 is 2.25 bits per heavy atom. The van der Waals surface area contributed by atoms with Gasteiger partial charge in [-0.25, -0.2) is 9.97 Å². The van der Waals surface area contributed by atoms with Gasteiger partial charge in [-0.2, -0.15) is 0 Å². The first-order chi connectivity index (χ1) is 11.1. The number of aromatic nitrogens is 2. The van der Waals surface area contributed by atoms with E-state index in [1.54, 1.807) is 0 Å². The molecular weight excluding hydrogens is 300 g/mol. The molecule has 0 unspecified atom stereocenters. The van der Waals surface area contributed by atoms with Gasteiger partial charge in [0, 0.05) is 35.9 Å². The van der Waals surface area contributed by atoms with Gasteiger partial charge in [0.05, 0.1) is 12.4 Å². The number of carbonyl (C=O) groups is 1. The molecular formula is C19H30N4O. The van der Waals surface area contributed by atoms with Crippen molar-refractivity contribution in [1.82, 2.24) is 14.9 Å². The Hall–Kier alpha value is -1.65. The molecule has 0 spiro atoms. The minimum Gasteiger partial charge on any atom is -0.337 e. The van der Waals surface area contributed by atoms with Crippen molar-refractivity contribution in [2.45, 2.75) is 65.2 Å². The van der Waals surface area contributed by atoms with Crippen LogP contribution in [0.2, 0.25) is 0 Å². The quantitative estimate of drug-likeness (QED) is 0.836. The molecule has 0 atom stereocenters. The van der Waals surface area contributed by atoms with Crippen molar-refractivity contribution in [1.29, 1.82) is 0 Å². The molecule has 1 aromatic rings. The molecule has 0 radical (unpaired) electrons. The SMILES string of the molecule is CC(C)(C)c1cc(N2CCN(C(=O)C3CC3)C2)nc(C(C)(C)C)n1. The first-order valence-electron chi connectivity index (χ1n) is 8.99. The lowest BCUT2D eigenvalue weighted by Crippen LogP contribution is -2.33. The first-order valence-corrected chi connectivity index (χ1v) is 8.99. The van der Waals surface area contributed by atoms with Crippen LogP contribution in [0.25, 0.3) is 0 Å². The lowest BCUT2D eigenvalue weighted by atomic mass is 9.90. The van der Waals surface area contributed by atoms with Gasteiger partial charge < -0.3 is 9.80 Å². The summed E-state index contributed by atoms with van der Waals surface area (Å²) in [5, 5.41) is 0.